The molecule has 1 fully saturated rings. The minimum Gasteiger partial charge on any atom is -0.496 e. The molecule has 0 saturated heterocycles. The number of ketones is 1. The smallest absolute Gasteiger partial charge is 0.271 e. The number of ether oxygens (including phenoxy) is 1. The molecule has 0 bridgehead atoms. The molecule has 2 N–H and O–H groups in total. The predicted molar refractivity (Wildman–Crippen MR) is 133 cm³/mol. The SMILES string of the molecule is COc1cccc2[nH]c(C(=O)N3CCc4cc(F)ccc4C3C(=O)NC(C#N)CC3CCCC3=O)cc12. The Balaban J connectivity index is 1.46. The van der Waals surface area contributed by atoms with Crippen LogP contribution in [0.5, 0.6) is 5.75 Å². The highest BCUT2D eigenvalue weighted by Gasteiger charge is 2.38. The van der Waals surface area contributed by atoms with Gasteiger partial charge in [-0.3, -0.25) is 14.4 Å². The lowest BCUT2D eigenvalue weighted by Crippen LogP contribution is -2.49. The Morgan fingerprint density at radius 1 is 1.27 bits per heavy atom. The van der Waals surface area contributed by atoms with Crippen LogP contribution in [-0.4, -0.2) is 47.2 Å². The molecule has 1 aromatic heterocycles. The van der Waals surface area contributed by atoms with Crippen LogP contribution in [0.15, 0.2) is 42.5 Å². The zero-order chi connectivity index (χ0) is 26.1. The Bertz CT molecular complexity index is 1430. The number of hydrogen-bond donors (Lipinski definition) is 2. The molecule has 190 valence electrons. The third-order valence-electron chi connectivity index (χ3n) is 7.34. The Hall–Kier alpha value is -4.19. The van der Waals surface area contributed by atoms with Crippen molar-refractivity contribution in [3.63, 3.8) is 0 Å². The Morgan fingerprint density at radius 3 is 2.84 bits per heavy atom. The average molecular weight is 503 g/mol. The van der Waals surface area contributed by atoms with Crippen molar-refractivity contribution in [2.45, 2.75) is 44.2 Å². The number of H-pyrrole nitrogens is 1. The number of fused-ring (bicyclic) bond motifs is 2. The number of rotatable bonds is 6. The van der Waals surface area contributed by atoms with Crippen LogP contribution in [0.3, 0.4) is 0 Å². The standard InChI is InChI=1S/C28H27FN4O4/c1-37-25-7-3-5-22-21(25)14-23(32-22)28(36)33-11-10-16-12-18(29)8-9-20(16)26(33)27(35)31-19(15-30)13-17-4-2-6-24(17)34/h3,5,7-9,12,14,17,19,26,32H,2,4,6,10-11,13H2,1H3,(H,31,35). The topological polar surface area (TPSA) is 115 Å². The molecule has 5 rings (SSSR count). The van der Waals surface area contributed by atoms with Gasteiger partial charge in [0.25, 0.3) is 5.91 Å². The molecule has 8 nitrogen and oxygen atoms in total. The van der Waals surface area contributed by atoms with Crippen LogP contribution >= 0.6 is 0 Å². The lowest BCUT2D eigenvalue weighted by molar-refractivity contribution is -0.127. The highest BCUT2D eigenvalue weighted by atomic mass is 19.1. The van der Waals surface area contributed by atoms with Crippen LogP contribution in [0.25, 0.3) is 10.9 Å². The normalized spacial score (nSPS) is 19.8. The van der Waals surface area contributed by atoms with Crippen LogP contribution < -0.4 is 10.1 Å². The fourth-order valence-corrected chi connectivity index (χ4v) is 5.49. The third-order valence-corrected chi connectivity index (χ3v) is 7.34. The van der Waals surface area contributed by atoms with Crippen LogP contribution in [0.1, 0.15) is 53.3 Å². The second-order valence-corrected chi connectivity index (χ2v) is 9.58. The molecule has 1 aliphatic carbocycles. The number of carbonyl (C=O) groups is 3. The van der Waals surface area contributed by atoms with Crippen molar-refractivity contribution in [2.24, 2.45) is 5.92 Å². The minimum absolute atomic E-state index is 0.110. The van der Waals surface area contributed by atoms with Crippen LogP contribution in [0, 0.1) is 23.1 Å². The maximum atomic E-state index is 14.0. The molecule has 1 aliphatic heterocycles. The number of carbonyl (C=O) groups excluding carboxylic acids is 3. The van der Waals surface area contributed by atoms with E-state index < -0.39 is 29.7 Å². The van der Waals surface area contributed by atoms with Gasteiger partial charge in [0, 0.05) is 29.8 Å². The van der Waals surface area contributed by atoms with Gasteiger partial charge in [-0.25, -0.2) is 4.39 Å². The Morgan fingerprint density at radius 2 is 2.11 bits per heavy atom. The fourth-order valence-electron chi connectivity index (χ4n) is 5.49. The zero-order valence-electron chi connectivity index (χ0n) is 20.4. The first kappa shape index (κ1) is 24.5. The summed E-state index contributed by atoms with van der Waals surface area (Å²) in [7, 11) is 1.55. The van der Waals surface area contributed by atoms with Gasteiger partial charge in [-0.05, 0) is 67.1 Å². The fraction of sp³-hybridized carbons (Fsp3) is 0.357. The number of nitrogens with one attached hydrogen (secondary N) is 2. The summed E-state index contributed by atoms with van der Waals surface area (Å²) in [5, 5.41) is 13.2. The molecule has 3 unspecified atom stereocenters. The van der Waals surface area contributed by atoms with E-state index in [0.717, 1.165) is 11.8 Å². The van der Waals surface area contributed by atoms with E-state index in [2.05, 4.69) is 16.4 Å². The number of benzene rings is 2. The summed E-state index contributed by atoms with van der Waals surface area (Å²) in [6.07, 6.45) is 2.60. The molecular weight excluding hydrogens is 475 g/mol. The lowest BCUT2D eigenvalue weighted by Gasteiger charge is -2.36. The molecule has 3 aromatic rings. The largest absolute Gasteiger partial charge is 0.496 e. The third kappa shape index (κ3) is 4.67. The summed E-state index contributed by atoms with van der Waals surface area (Å²) in [4.78, 5) is 44.0. The van der Waals surface area contributed by atoms with Crippen molar-refractivity contribution in [1.29, 1.82) is 5.26 Å². The maximum Gasteiger partial charge on any atom is 0.271 e. The van der Waals surface area contributed by atoms with Gasteiger partial charge in [0.15, 0.2) is 0 Å². The second kappa shape index (κ2) is 10.1. The molecule has 0 spiro atoms. The van der Waals surface area contributed by atoms with Gasteiger partial charge in [0.1, 0.15) is 35.1 Å². The molecule has 1 saturated carbocycles. The quantitative estimate of drug-likeness (QED) is 0.532. The molecule has 9 heteroatoms. The van der Waals surface area contributed by atoms with E-state index in [1.807, 2.05) is 12.1 Å². The van der Waals surface area contributed by atoms with Gasteiger partial charge in [0.05, 0.1) is 13.2 Å². The average Bonchev–Trinajstić information content (AvgIpc) is 3.52. The maximum absolute atomic E-state index is 14.0. The number of aromatic amines is 1. The summed E-state index contributed by atoms with van der Waals surface area (Å²) in [6, 6.07) is 11.4. The summed E-state index contributed by atoms with van der Waals surface area (Å²) >= 11 is 0. The van der Waals surface area contributed by atoms with E-state index in [0.29, 0.717) is 41.7 Å². The van der Waals surface area contributed by atoms with Crippen molar-refractivity contribution in [2.75, 3.05) is 13.7 Å². The molecule has 2 amide bonds. The number of nitriles is 1. The van der Waals surface area contributed by atoms with E-state index >= 15 is 0 Å². The number of amides is 2. The van der Waals surface area contributed by atoms with E-state index in [1.54, 1.807) is 19.2 Å². The van der Waals surface area contributed by atoms with E-state index in [4.69, 9.17) is 4.74 Å². The first-order chi connectivity index (χ1) is 17.9. The summed E-state index contributed by atoms with van der Waals surface area (Å²) in [6.45, 7) is 0.193. The summed E-state index contributed by atoms with van der Waals surface area (Å²) < 4.78 is 19.4. The lowest BCUT2D eigenvalue weighted by atomic mass is 9.91. The second-order valence-electron chi connectivity index (χ2n) is 9.58. The molecule has 0 radical (unpaired) electrons. The van der Waals surface area contributed by atoms with E-state index in [1.165, 1.54) is 23.1 Å². The highest BCUT2D eigenvalue weighted by Crippen LogP contribution is 2.34. The van der Waals surface area contributed by atoms with Crippen LogP contribution in [0.4, 0.5) is 4.39 Å². The molecule has 2 aromatic carbocycles. The zero-order valence-corrected chi connectivity index (χ0v) is 20.4. The van der Waals surface area contributed by atoms with Crippen molar-refractivity contribution in [1.82, 2.24) is 15.2 Å². The van der Waals surface area contributed by atoms with E-state index in [9.17, 15) is 24.0 Å². The number of hydrogen-bond acceptors (Lipinski definition) is 5. The first-order valence-electron chi connectivity index (χ1n) is 12.4. The van der Waals surface area contributed by atoms with Crippen LogP contribution in [-0.2, 0) is 16.0 Å². The summed E-state index contributed by atoms with van der Waals surface area (Å²) in [5.41, 5.74) is 2.16. The molecule has 2 heterocycles. The van der Waals surface area contributed by atoms with Gasteiger partial charge < -0.3 is 19.9 Å². The monoisotopic (exact) mass is 502 g/mol. The number of halogens is 1. The van der Waals surface area contributed by atoms with Gasteiger partial charge in [-0.2, -0.15) is 5.26 Å². The molecule has 3 atom stereocenters. The summed E-state index contributed by atoms with van der Waals surface area (Å²) in [5.74, 6) is -0.884. The van der Waals surface area contributed by atoms with Crippen molar-refractivity contribution >= 4 is 28.5 Å². The molecule has 37 heavy (non-hydrogen) atoms. The van der Waals surface area contributed by atoms with Crippen LogP contribution in [0.2, 0.25) is 0 Å². The Labute approximate surface area is 213 Å². The molecular formula is C28H27FN4O4. The number of nitrogens with zero attached hydrogens (tertiary/aromatic N) is 2. The van der Waals surface area contributed by atoms with E-state index in [-0.39, 0.29) is 30.4 Å². The van der Waals surface area contributed by atoms with Gasteiger partial charge in [-0.1, -0.05) is 12.1 Å². The minimum atomic E-state index is -1.06. The highest BCUT2D eigenvalue weighted by molar-refractivity contribution is 6.02. The van der Waals surface area contributed by atoms with Crippen molar-refractivity contribution in [3.8, 4) is 11.8 Å². The number of Topliss-reactive ketones (excluding diaryl/α,β-unsaturated/α-hetero) is 1. The molecule has 2 aliphatic rings. The Kier molecular flexibility index (Phi) is 6.66. The number of methoxy groups -OCH3 is 1. The van der Waals surface area contributed by atoms with Gasteiger partial charge in [-0.15, -0.1) is 0 Å². The first-order valence-corrected chi connectivity index (χ1v) is 12.4. The van der Waals surface area contributed by atoms with Gasteiger partial charge in [0.2, 0.25) is 5.91 Å². The predicted octanol–water partition coefficient (Wildman–Crippen LogP) is 3.82. The van der Waals surface area contributed by atoms with Crippen molar-refractivity contribution in [3.05, 3.63) is 65.1 Å². The van der Waals surface area contributed by atoms with Crippen molar-refractivity contribution < 1.29 is 23.5 Å². The number of aromatic nitrogens is 1. The van der Waals surface area contributed by atoms with Gasteiger partial charge >= 0.3 is 0 Å².